The van der Waals surface area contributed by atoms with Crippen molar-refractivity contribution in [2.24, 2.45) is 0 Å². The predicted molar refractivity (Wildman–Crippen MR) is 172 cm³/mol. The Balaban J connectivity index is 2.12. The number of hydrogen-bond acceptors (Lipinski definition) is 5. The number of carbonyl (C=O) groups excluding carboxylic acids is 2. The summed E-state index contributed by atoms with van der Waals surface area (Å²) in [6.07, 6.45) is 1.95. The molecule has 0 aliphatic heterocycles. The van der Waals surface area contributed by atoms with Crippen LogP contribution in [0.1, 0.15) is 51.2 Å². The molecule has 0 radical (unpaired) electrons. The molecule has 0 aliphatic carbocycles. The molecule has 0 saturated heterocycles. The number of benzene rings is 3. The number of unbranched alkanes of at least 4 members (excludes halogenated alkanes) is 1. The number of hydrogen-bond donors (Lipinski definition) is 1. The standard InChI is InChI=1S/C32H39Cl2N3O5S/c1-5-8-20-35-32(39)28(6-2)36(21-25-26(33)12-11-13-27(25)34)31(38)22-37(29-14-9-10-15-30(29)42-7-3)43(40,41)24-18-16-23(4)17-19-24/h9-19,28H,5-8,20-22H2,1-4H3,(H,35,39). The van der Waals surface area contributed by atoms with Gasteiger partial charge in [0, 0.05) is 28.7 Å². The molecule has 0 fully saturated rings. The van der Waals surface area contributed by atoms with Crippen molar-refractivity contribution in [1.82, 2.24) is 10.2 Å². The molecule has 0 saturated carbocycles. The summed E-state index contributed by atoms with van der Waals surface area (Å²) in [5.74, 6) is -0.635. The van der Waals surface area contributed by atoms with Gasteiger partial charge in [0.05, 0.1) is 17.2 Å². The molecule has 1 atom stereocenters. The number of anilines is 1. The zero-order valence-corrected chi connectivity index (χ0v) is 27.3. The Labute approximate surface area is 265 Å². The van der Waals surface area contributed by atoms with Crippen molar-refractivity contribution in [1.29, 1.82) is 0 Å². The average molecular weight is 649 g/mol. The molecule has 2 amide bonds. The predicted octanol–water partition coefficient (Wildman–Crippen LogP) is 6.62. The SMILES string of the molecule is CCCCNC(=O)C(CC)N(Cc1c(Cl)cccc1Cl)C(=O)CN(c1ccccc1OCC)S(=O)(=O)c1ccc(C)cc1. The zero-order valence-electron chi connectivity index (χ0n) is 25.0. The molecule has 43 heavy (non-hydrogen) atoms. The molecule has 1 N–H and O–H groups in total. The maximum Gasteiger partial charge on any atom is 0.264 e. The third kappa shape index (κ3) is 8.65. The fraction of sp³-hybridized carbons (Fsp3) is 0.375. The third-order valence-electron chi connectivity index (χ3n) is 6.93. The molecule has 1 unspecified atom stereocenters. The van der Waals surface area contributed by atoms with Gasteiger partial charge in [-0.2, -0.15) is 0 Å². The van der Waals surface area contributed by atoms with E-state index >= 15 is 0 Å². The normalized spacial score (nSPS) is 12.0. The molecule has 0 aromatic heterocycles. The average Bonchev–Trinajstić information content (AvgIpc) is 2.98. The van der Waals surface area contributed by atoms with Gasteiger partial charge < -0.3 is 15.0 Å². The first-order chi connectivity index (χ1) is 20.5. The summed E-state index contributed by atoms with van der Waals surface area (Å²) in [5, 5.41) is 3.57. The summed E-state index contributed by atoms with van der Waals surface area (Å²) in [6.45, 7) is 7.51. The van der Waals surface area contributed by atoms with Crippen LogP contribution < -0.4 is 14.4 Å². The molecular formula is C32H39Cl2N3O5S. The van der Waals surface area contributed by atoms with E-state index < -0.39 is 28.5 Å². The first-order valence-corrected chi connectivity index (χ1v) is 16.6. The molecule has 0 aliphatic rings. The minimum absolute atomic E-state index is 0.0160. The molecule has 3 aromatic rings. The lowest BCUT2D eigenvalue weighted by Gasteiger charge is -2.34. The molecule has 3 rings (SSSR count). The second kappa shape index (κ2) is 16.0. The maximum atomic E-state index is 14.3. The molecule has 11 heteroatoms. The van der Waals surface area contributed by atoms with Crippen LogP contribution in [0.3, 0.4) is 0 Å². The third-order valence-corrected chi connectivity index (χ3v) is 9.41. The number of sulfonamides is 1. The minimum atomic E-state index is -4.25. The van der Waals surface area contributed by atoms with Gasteiger partial charge in [-0.05, 0) is 63.1 Å². The number of rotatable bonds is 15. The molecule has 0 heterocycles. The second-order valence-electron chi connectivity index (χ2n) is 10.0. The highest BCUT2D eigenvalue weighted by molar-refractivity contribution is 7.92. The topological polar surface area (TPSA) is 96.0 Å². The highest BCUT2D eigenvalue weighted by atomic mass is 35.5. The Bertz CT molecular complexity index is 1480. The van der Waals surface area contributed by atoms with Crippen molar-refractivity contribution in [3.8, 4) is 5.75 Å². The van der Waals surface area contributed by atoms with Crippen LogP contribution >= 0.6 is 23.2 Å². The fourth-order valence-electron chi connectivity index (χ4n) is 4.57. The van der Waals surface area contributed by atoms with E-state index in [4.69, 9.17) is 27.9 Å². The van der Waals surface area contributed by atoms with Crippen molar-refractivity contribution in [2.45, 2.75) is 64.4 Å². The largest absolute Gasteiger partial charge is 0.492 e. The first-order valence-electron chi connectivity index (χ1n) is 14.4. The van der Waals surface area contributed by atoms with Crippen LogP contribution in [0.5, 0.6) is 5.75 Å². The van der Waals surface area contributed by atoms with E-state index in [0.717, 1.165) is 22.7 Å². The smallest absolute Gasteiger partial charge is 0.264 e. The van der Waals surface area contributed by atoms with Crippen molar-refractivity contribution < 1.29 is 22.7 Å². The first kappa shape index (κ1) is 34.2. The summed E-state index contributed by atoms with van der Waals surface area (Å²) >= 11 is 13.0. The Hall–Kier alpha value is -3.27. The lowest BCUT2D eigenvalue weighted by atomic mass is 10.1. The zero-order chi connectivity index (χ0) is 31.6. The lowest BCUT2D eigenvalue weighted by molar-refractivity contribution is -0.140. The Morgan fingerprint density at radius 1 is 0.930 bits per heavy atom. The Kier molecular flexibility index (Phi) is 12.7. The van der Waals surface area contributed by atoms with Gasteiger partial charge in [-0.25, -0.2) is 8.42 Å². The maximum absolute atomic E-state index is 14.3. The molecule has 8 nitrogen and oxygen atoms in total. The van der Waals surface area contributed by atoms with E-state index in [9.17, 15) is 18.0 Å². The summed E-state index contributed by atoms with van der Waals surface area (Å²) in [5.41, 5.74) is 1.55. The monoisotopic (exact) mass is 647 g/mol. The van der Waals surface area contributed by atoms with Gasteiger partial charge >= 0.3 is 0 Å². The highest BCUT2D eigenvalue weighted by Gasteiger charge is 2.35. The second-order valence-corrected chi connectivity index (χ2v) is 12.7. The van der Waals surface area contributed by atoms with E-state index in [1.807, 2.05) is 13.8 Å². The molecule has 0 spiro atoms. The van der Waals surface area contributed by atoms with Crippen molar-refractivity contribution in [3.05, 3.63) is 87.9 Å². The van der Waals surface area contributed by atoms with Crippen molar-refractivity contribution >= 4 is 50.7 Å². The minimum Gasteiger partial charge on any atom is -0.492 e. The Morgan fingerprint density at radius 3 is 2.19 bits per heavy atom. The van der Waals surface area contributed by atoms with Crippen LogP contribution in [0.2, 0.25) is 10.0 Å². The highest BCUT2D eigenvalue weighted by Crippen LogP contribution is 2.33. The fourth-order valence-corrected chi connectivity index (χ4v) is 6.51. The molecule has 3 aromatic carbocycles. The van der Waals surface area contributed by atoms with Gasteiger partial charge in [0.15, 0.2) is 0 Å². The van der Waals surface area contributed by atoms with Gasteiger partial charge in [-0.15, -0.1) is 0 Å². The molecule has 232 valence electrons. The number of aryl methyl sites for hydroxylation is 1. The quantitative estimate of drug-likeness (QED) is 0.187. The summed E-state index contributed by atoms with van der Waals surface area (Å²) in [4.78, 5) is 29.1. The van der Waals surface area contributed by atoms with E-state index in [-0.39, 0.29) is 36.1 Å². The van der Waals surface area contributed by atoms with Gasteiger partial charge in [-0.1, -0.05) is 79.4 Å². The van der Waals surface area contributed by atoms with E-state index in [0.29, 0.717) is 27.9 Å². The summed E-state index contributed by atoms with van der Waals surface area (Å²) in [7, 11) is -4.25. The van der Waals surface area contributed by atoms with Crippen LogP contribution in [0.15, 0.2) is 71.6 Å². The van der Waals surface area contributed by atoms with Gasteiger partial charge in [0.1, 0.15) is 18.3 Å². The van der Waals surface area contributed by atoms with E-state index in [1.54, 1.807) is 68.4 Å². The van der Waals surface area contributed by atoms with Crippen molar-refractivity contribution in [2.75, 3.05) is 24.0 Å². The van der Waals surface area contributed by atoms with Crippen LogP contribution in [0.4, 0.5) is 5.69 Å². The lowest BCUT2D eigenvalue weighted by Crippen LogP contribution is -2.52. The number of halogens is 2. The number of ether oxygens (including phenoxy) is 1. The van der Waals surface area contributed by atoms with Crippen LogP contribution in [0, 0.1) is 6.92 Å². The van der Waals surface area contributed by atoms with Gasteiger partial charge in [0.25, 0.3) is 10.0 Å². The number of para-hydroxylation sites is 2. The van der Waals surface area contributed by atoms with Gasteiger partial charge in [-0.3, -0.25) is 13.9 Å². The van der Waals surface area contributed by atoms with Crippen molar-refractivity contribution in [3.63, 3.8) is 0 Å². The molecular weight excluding hydrogens is 609 g/mol. The van der Waals surface area contributed by atoms with Crippen LogP contribution in [-0.2, 0) is 26.2 Å². The summed E-state index contributed by atoms with van der Waals surface area (Å²) in [6, 6.07) is 17.1. The summed E-state index contributed by atoms with van der Waals surface area (Å²) < 4.78 is 35.1. The number of nitrogens with one attached hydrogen (secondary N) is 1. The molecule has 0 bridgehead atoms. The number of carbonyl (C=O) groups is 2. The Morgan fingerprint density at radius 2 is 1.58 bits per heavy atom. The number of nitrogens with zero attached hydrogens (tertiary/aromatic N) is 2. The van der Waals surface area contributed by atoms with E-state index in [1.165, 1.54) is 17.0 Å². The van der Waals surface area contributed by atoms with Gasteiger partial charge in [0.2, 0.25) is 11.8 Å². The van der Waals surface area contributed by atoms with Crippen LogP contribution in [0.25, 0.3) is 0 Å². The van der Waals surface area contributed by atoms with Crippen LogP contribution in [-0.4, -0.2) is 50.9 Å². The number of amides is 2. The van der Waals surface area contributed by atoms with E-state index in [2.05, 4.69) is 5.32 Å².